The summed E-state index contributed by atoms with van der Waals surface area (Å²) in [5.74, 6) is -1.47. The number of amides is 2. The molecule has 1 unspecified atom stereocenters. The molecule has 182 valence electrons. The van der Waals surface area contributed by atoms with Crippen LogP contribution in [0.1, 0.15) is 25.0 Å². The molecule has 4 N–H and O–H groups in total. The monoisotopic (exact) mass is 499 g/mol. The predicted octanol–water partition coefficient (Wildman–Crippen LogP) is 3.21. The molecule has 3 aromatic rings. The van der Waals surface area contributed by atoms with Gasteiger partial charge in [0.25, 0.3) is 0 Å². The van der Waals surface area contributed by atoms with E-state index in [4.69, 9.17) is 0 Å². The highest BCUT2D eigenvalue weighted by atomic mass is 32.2. The molecule has 11 heteroatoms. The summed E-state index contributed by atoms with van der Waals surface area (Å²) in [6.45, 7) is 0.409. The lowest BCUT2D eigenvalue weighted by Gasteiger charge is -2.33. The molecule has 0 spiro atoms. The van der Waals surface area contributed by atoms with Crippen molar-refractivity contribution in [2.24, 2.45) is 5.92 Å². The van der Waals surface area contributed by atoms with Crippen molar-refractivity contribution in [3.63, 3.8) is 0 Å². The second kappa shape index (κ2) is 9.84. The highest BCUT2D eigenvalue weighted by Gasteiger charge is 2.33. The number of rotatable bonds is 5. The first kappa shape index (κ1) is 23.6. The number of fused-ring (bicyclic) bond motifs is 2. The number of thioether (sulfide) groups is 1. The first-order valence-electron chi connectivity index (χ1n) is 11.3. The third-order valence-corrected chi connectivity index (χ3v) is 7.33. The van der Waals surface area contributed by atoms with Gasteiger partial charge < -0.3 is 21.1 Å². The number of carbonyl (C=O) groups is 2. The minimum Gasteiger partial charge on any atom is -0.391 e. The molecule has 3 atom stereocenters. The number of carbonyl (C=O) groups excluding carboxylic acids is 2. The Morgan fingerprint density at radius 1 is 1.23 bits per heavy atom. The van der Waals surface area contributed by atoms with Crippen LogP contribution in [0.4, 0.5) is 20.3 Å². The molecule has 3 heterocycles. The van der Waals surface area contributed by atoms with Gasteiger partial charge in [0.05, 0.1) is 28.1 Å². The molecule has 1 aromatic carbocycles. The van der Waals surface area contributed by atoms with E-state index in [2.05, 4.69) is 25.9 Å². The second-order valence-corrected chi connectivity index (χ2v) is 9.70. The Balaban J connectivity index is 1.19. The number of benzene rings is 1. The number of hydrogen-bond donors (Lipinski definition) is 4. The number of aliphatic hydroxyl groups excluding tert-OH is 1. The highest BCUT2D eigenvalue weighted by Crippen LogP contribution is 2.31. The first-order chi connectivity index (χ1) is 16.9. The molecular weight excluding hydrogens is 476 g/mol. The molecule has 1 fully saturated rings. The van der Waals surface area contributed by atoms with Crippen molar-refractivity contribution in [1.29, 1.82) is 0 Å². The summed E-state index contributed by atoms with van der Waals surface area (Å²) in [6.07, 6.45) is 1.96. The average molecular weight is 500 g/mol. The second-order valence-electron chi connectivity index (χ2n) is 8.68. The van der Waals surface area contributed by atoms with Crippen molar-refractivity contribution < 1.29 is 23.5 Å². The van der Waals surface area contributed by atoms with Gasteiger partial charge in [0.15, 0.2) is 5.82 Å². The van der Waals surface area contributed by atoms with Gasteiger partial charge in [-0.2, -0.15) is 0 Å². The minimum atomic E-state index is -0.798. The van der Waals surface area contributed by atoms with E-state index >= 15 is 0 Å². The van der Waals surface area contributed by atoms with E-state index in [1.54, 1.807) is 0 Å². The van der Waals surface area contributed by atoms with Gasteiger partial charge in [-0.1, -0.05) is 0 Å². The smallest absolute Gasteiger partial charge is 0.235 e. The van der Waals surface area contributed by atoms with Gasteiger partial charge >= 0.3 is 0 Å². The van der Waals surface area contributed by atoms with E-state index in [0.717, 1.165) is 22.7 Å². The van der Waals surface area contributed by atoms with Crippen molar-refractivity contribution in [2.75, 3.05) is 16.4 Å². The number of nitrogens with one attached hydrogen (secondary N) is 3. The molecule has 0 bridgehead atoms. The summed E-state index contributed by atoms with van der Waals surface area (Å²) in [5.41, 5.74) is 0.991. The Morgan fingerprint density at radius 3 is 2.91 bits per heavy atom. The molecule has 2 aromatic heterocycles. The number of pyridine rings is 2. The predicted molar refractivity (Wildman–Crippen MR) is 128 cm³/mol. The van der Waals surface area contributed by atoms with Crippen LogP contribution in [0.5, 0.6) is 0 Å². The molecule has 2 aliphatic rings. The highest BCUT2D eigenvalue weighted by molar-refractivity contribution is 8.00. The number of anilines is 2. The van der Waals surface area contributed by atoms with E-state index in [-0.39, 0.29) is 40.9 Å². The van der Waals surface area contributed by atoms with Crippen LogP contribution in [0.25, 0.3) is 10.9 Å². The van der Waals surface area contributed by atoms with E-state index in [9.17, 15) is 23.5 Å². The van der Waals surface area contributed by atoms with Gasteiger partial charge in [0, 0.05) is 36.2 Å². The zero-order valence-electron chi connectivity index (χ0n) is 18.6. The Hall–Kier alpha value is -3.15. The quantitative estimate of drug-likeness (QED) is 0.426. The Bertz CT molecular complexity index is 1310. The summed E-state index contributed by atoms with van der Waals surface area (Å²) in [6, 6.07) is 6.96. The maximum Gasteiger partial charge on any atom is 0.235 e. The van der Waals surface area contributed by atoms with Crippen LogP contribution in [-0.4, -0.2) is 44.8 Å². The molecule has 5 rings (SSSR count). The third-order valence-electron chi connectivity index (χ3n) is 6.29. The van der Waals surface area contributed by atoms with E-state index in [1.165, 1.54) is 24.0 Å². The van der Waals surface area contributed by atoms with Crippen molar-refractivity contribution in [1.82, 2.24) is 15.3 Å². The van der Waals surface area contributed by atoms with Crippen molar-refractivity contribution in [2.45, 2.75) is 42.8 Å². The summed E-state index contributed by atoms with van der Waals surface area (Å²) >= 11 is 1.44. The molecule has 0 saturated heterocycles. The summed E-state index contributed by atoms with van der Waals surface area (Å²) < 4.78 is 27.7. The topological polar surface area (TPSA) is 116 Å². The van der Waals surface area contributed by atoms with Crippen LogP contribution in [0.3, 0.4) is 0 Å². The van der Waals surface area contributed by atoms with Gasteiger partial charge in [-0.15, -0.1) is 11.8 Å². The third kappa shape index (κ3) is 5.12. The SMILES string of the molecule is O=C1CSc2ccc(CN[C@@H]3CCC(C(=O)Nc4ccnc5c(F)cc(F)cc45)C[C@H]3O)nc2N1. The molecule has 1 saturated carbocycles. The van der Waals surface area contributed by atoms with E-state index in [1.807, 2.05) is 12.1 Å². The van der Waals surface area contributed by atoms with E-state index in [0.29, 0.717) is 31.0 Å². The molecule has 35 heavy (non-hydrogen) atoms. The summed E-state index contributed by atoms with van der Waals surface area (Å²) in [4.78, 5) is 33.8. The Kier molecular flexibility index (Phi) is 6.63. The van der Waals surface area contributed by atoms with Crippen LogP contribution in [0.15, 0.2) is 41.4 Å². The lowest BCUT2D eigenvalue weighted by molar-refractivity contribution is -0.122. The van der Waals surface area contributed by atoms with Gasteiger partial charge in [0.1, 0.15) is 17.2 Å². The van der Waals surface area contributed by atoms with Crippen LogP contribution in [-0.2, 0) is 16.1 Å². The normalized spacial score (nSPS) is 21.9. The zero-order valence-corrected chi connectivity index (χ0v) is 19.4. The summed E-state index contributed by atoms with van der Waals surface area (Å²) in [7, 11) is 0. The largest absolute Gasteiger partial charge is 0.391 e. The van der Waals surface area contributed by atoms with Crippen LogP contribution in [0, 0.1) is 17.6 Å². The lowest BCUT2D eigenvalue weighted by Crippen LogP contribution is -2.46. The summed E-state index contributed by atoms with van der Waals surface area (Å²) in [5, 5.41) is 19.7. The molecule has 1 aliphatic carbocycles. The zero-order chi connectivity index (χ0) is 24.5. The Morgan fingerprint density at radius 2 is 2.09 bits per heavy atom. The first-order valence-corrected chi connectivity index (χ1v) is 12.2. The fraction of sp³-hybridized carbons (Fsp3) is 0.333. The van der Waals surface area contributed by atoms with E-state index < -0.39 is 23.7 Å². The van der Waals surface area contributed by atoms with Gasteiger partial charge in [-0.25, -0.2) is 13.8 Å². The number of halogens is 2. The molecule has 2 amide bonds. The maximum absolute atomic E-state index is 14.0. The van der Waals surface area contributed by atoms with Gasteiger partial charge in [0.2, 0.25) is 11.8 Å². The van der Waals surface area contributed by atoms with Crippen molar-refractivity contribution in [3.05, 3.63) is 53.9 Å². The van der Waals surface area contributed by atoms with Gasteiger partial charge in [-0.05, 0) is 43.5 Å². The van der Waals surface area contributed by atoms with Crippen LogP contribution < -0.4 is 16.0 Å². The standard InChI is InChI=1S/C24H23F2N5O3S/c25-13-8-15-17(5-6-27-22(15)16(26)9-13)30-24(34)12-1-3-18(19(32)7-12)28-10-14-2-4-20-23(29-14)31-21(33)11-35-20/h2,4-6,8-9,12,18-19,28,32H,1,3,7,10-11H2,(H,27,30,34)(H,29,31,33)/t12?,18-,19-/m1/s1. The molecule has 0 radical (unpaired) electrons. The maximum atomic E-state index is 14.0. The minimum absolute atomic E-state index is 0.0221. The number of nitrogens with zero attached hydrogens (tertiary/aromatic N) is 2. The van der Waals surface area contributed by atoms with Crippen molar-refractivity contribution >= 4 is 46.0 Å². The van der Waals surface area contributed by atoms with Gasteiger partial charge in [-0.3, -0.25) is 14.6 Å². The average Bonchev–Trinajstić information content (AvgIpc) is 2.83. The number of hydrogen-bond acceptors (Lipinski definition) is 7. The number of aromatic nitrogens is 2. The van der Waals surface area contributed by atoms with Crippen LogP contribution >= 0.6 is 11.8 Å². The fourth-order valence-electron chi connectivity index (χ4n) is 4.48. The molecule has 1 aliphatic heterocycles. The molecular formula is C24H23F2N5O3S. The molecule has 8 nitrogen and oxygen atoms in total. The number of aliphatic hydroxyl groups is 1. The lowest BCUT2D eigenvalue weighted by atomic mass is 9.83. The van der Waals surface area contributed by atoms with Crippen LogP contribution in [0.2, 0.25) is 0 Å². The van der Waals surface area contributed by atoms with Crippen molar-refractivity contribution in [3.8, 4) is 0 Å². The fourth-order valence-corrected chi connectivity index (χ4v) is 5.24. The Labute approximate surface area is 203 Å².